The van der Waals surface area contributed by atoms with E-state index < -0.39 is 10.0 Å². The zero-order valence-corrected chi connectivity index (χ0v) is 21.1. The molecule has 0 atom stereocenters. The summed E-state index contributed by atoms with van der Waals surface area (Å²) in [5.74, 6) is -0.112. The van der Waals surface area contributed by atoms with Gasteiger partial charge in [-0.2, -0.15) is 4.31 Å². The van der Waals surface area contributed by atoms with Gasteiger partial charge in [-0.3, -0.25) is 4.79 Å². The van der Waals surface area contributed by atoms with Crippen LogP contribution in [0.3, 0.4) is 0 Å². The minimum atomic E-state index is -3.63. The summed E-state index contributed by atoms with van der Waals surface area (Å²) in [5.41, 5.74) is 1.57. The maximum Gasteiger partial charge on any atom is 0.243 e. The van der Waals surface area contributed by atoms with Gasteiger partial charge >= 0.3 is 0 Å². The number of benzene rings is 3. The summed E-state index contributed by atoms with van der Waals surface area (Å²) >= 11 is 2.79. The molecule has 2 heterocycles. The predicted molar refractivity (Wildman–Crippen MR) is 138 cm³/mol. The van der Waals surface area contributed by atoms with Crippen LogP contribution in [-0.4, -0.2) is 60.4 Å². The SMILES string of the molecule is O=C(CSc1nc(-c2ccc(F)cc2)cs1)N1CCN(S(=O)(=O)c2ccc3ccccc3c2)CC1. The van der Waals surface area contributed by atoms with Gasteiger partial charge in [0.05, 0.1) is 16.3 Å². The zero-order valence-electron chi connectivity index (χ0n) is 18.6. The fourth-order valence-corrected chi connectivity index (χ4v) is 7.14. The van der Waals surface area contributed by atoms with Crippen molar-refractivity contribution in [3.8, 4) is 11.3 Å². The van der Waals surface area contributed by atoms with Crippen molar-refractivity contribution in [1.82, 2.24) is 14.2 Å². The summed E-state index contributed by atoms with van der Waals surface area (Å²) in [6.07, 6.45) is 0. The topological polar surface area (TPSA) is 70.6 Å². The normalized spacial score (nSPS) is 14.9. The first-order chi connectivity index (χ1) is 16.9. The summed E-state index contributed by atoms with van der Waals surface area (Å²) in [5, 5.41) is 3.75. The molecule has 180 valence electrons. The van der Waals surface area contributed by atoms with Gasteiger partial charge in [-0.1, -0.05) is 42.1 Å². The molecule has 0 spiro atoms. The van der Waals surface area contributed by atoms with E-state index in [1.807, 2.05) is 35.7 Å². The maximum absolute atomic E-state index is 13.1. The van der Waals surface area contributed by atoms with Gasteiger partial charge in [0.1, 0.15) is 5.82 Å². The van der Waals surface area contributed by atoms with Gasteiger partial charge in [-0.05, 0) is 47.2 Å². The summed E-state index contributed by atoms with van der Waals surface area (Å²) in [6, 6.07) is 18.9. The number of sulfonamides is 1. The minimum Gasteiger partial charge on any atom is -0.339 e. The average molecular weight is 528 g/mol. The fourth-order valence-electron chi connectivity index (χ4n) is 3.95. The minimum absolute atomic E-state index is 0.0451. The molecule has 3 aromatic carbocycles. The molecule has 1 fully saturated rings. The van der Waals surface area contributed by atoms with Crippen LogP contribution in [0.1, 0.15) is 0 Å². The van der Waals surface area contributed by atoms with Crippen LogP contribution in [0.2, 0.25) is 0 Å². The van der Waals surface area contributed by atoms with Crippen LogP contribution in [0.5, 0.6) is 0 Å². The molecule has 0 N–H and O–H groups in total. The lowest BCUT2D eigenvalue weighted by Gasteiger charge is -2.34. The molecule has 1 saturated heterocycles. The lowest BCUT2D eigenvalue weighted by atomic mass is 10.1. The Balaban J connectivity index is 1.16. The fraction of sp³-hybridized carbons (Fsp3) is 0.200. The molecule has 1 aromatic heterocycles. The van der Waals surface area contributed by atoms with Crippen molar-refractivity contribution in [2.45, 2.75) is 9.24 Å². The first-order valence-corrected chi connectivity index (χ1v) is 14.3. The number of amides is 1. The molecule has 10 heteroatoms. The number of aromatic nitrogens is 1. The van der Waals surface area contributed by atoms with Crippen LogP contribution in [0.15, 0.2) is 81.3 Å². The molecule has 1 aliphatic heterocycles. The van der Waals surface area contributed by atoms with E-state index >= 15 is 0 Å². The third-order valence-electron chi connectivity index (χ3n) is 5.89. The van der Waals surface area contributed by atoms with Crippen LogP contribution in [-0.2, 0) is 14.8 Å². The van der Waals surface area contributed by atoms with Crippen LogP contribution < -0.4 is 0 Å². The van der Waals surface area contributed by atoms with Crippen molar-refractivity contribution in [2.75, 3.05) is 31.9 Å². The number of rotatable bonds is 6. The molecule has 1 aliphatic rings. The van der Waals surface area contributed by atoms with E-state index in [2.05, 4.69) is 4.98 Å². The van der Waals surface area contributed by atoms with Crippen molar-refractivity contribution >= 4 is 49.8 Å². The van der Waals surface area contributed by atoms with E-state index in [4.69, 9.17) is 0 Å². The van der Waals surface area contributed by atoms with E-state index in [1.165, 1.54) is 39.5 Å². The number of thioether (sulfide) groups is 1. The number of hydrogen-bond donors (Lipinski definition) is 0. The Morgan fingerprint density at radius 3 is 2.43 bits per heavy atom. The lowest BCUT2D eigenvalue weighted by Crippen LogP contribution is -2.50. The Kier molecular flexibility index (Phi) is 6.88. The van der Waals surface area contributed by atoms with Crippen LogP contribution in [0.4, 0.5) is 4.39 Å². The van der Waals surface area contributed by atoms with Gasteiger partial charge in [0.25, 0.3) is 0 Å². The molecule has 0 unspecified atom stereocenters. The van der Waals surface area contributed by atoms with E-state index in [0.717, 1.165) is 26.4 Å². The van der Waals surface area contributed by atoms with E-state index in [1.54, 1.807) is 29.2 Å². The molecule has 0 aliphatic carbocycles. The first kappa shape index (κ1) is 23.9. The molecular formula is C25H22FN3O3S3. The highest BCUT2D eigenvalue weighted by molar-refractivity contribution is 8.01. The summed E-state index contributed by atoms with van der Waals surface area (Å²) in [6.45, 7) is 1.23. The van der Waals surface area contributed by atoms with Crippen molar-refractivity contribution < 1.29 is 17.6 Å². The summed E-state index contributed by atoms with van der Waals surface area (Å²) in [4.78, 5) is 19.2. The lowest BCUT2D eigenvalue weighted by molar-refractivity contribution is -0.129. The van der Waals surface area contributed by atoms with Crippen molar-refractivity contribution in [1.29, 1.82) is 0 Å². The number of fused-ring (bicyclic) bond motifs is 1. The number of carbonyl (C=O) groups excluding carboxylic acids is 1. The number of thiazole rings is 1. The monoisotopic (exact) mass is 527 g/mol. The summed E-state index contributed by atoms with van der Waals surface area (Å²) < 4.78 is 41.6. The Hall–Kier alpha value is -2.79. The third-order valence-corrected chi connectivity index (χ3v) is 9.79. The number of halogens is 1. The molecule has 6 nitrogen and oxygen atoms in total. The molecule has 1 amide bonds. The molecule has 0 radical (unpaired) electrons. The zero-order chi connectivity index (χ0) is 24.4. The Morgan fingerprint density at radius 2 is 1.69 bits per heavy atom. The summed E-state index contributed by atoms with van der Waals surface area (Å²) in [7, 11) is -3.63. The van der Waals surface area contributed by atoms with Crippen LogP contribution in [0, 0.1) is 5.82 Å². The van der Waals surface area contributed by atoms with Gasteiger partial charge in [-0.25, -0.2) is 17.8 Å². The van der Waals surface area contributed by atoms with E-state index in [0.29, 0.717) is 13.1 Å². The highest BCUT2D eigenvalue weighted by Crippen LogP contribution is 2.29. The average Bonchev–Trinajstić information content (AvgIpc) is 3.36. The highest BCUT2D eigenvalue weighted by Gasteiger charge is 2.30. The third kappa shape index (κ3) is 5.25. The Labute approximate surface area is 211 Å². The molecule has 5 rings (SSSR count). The second-order valence-corrected chi connectivity index (χ2v) is 12.1. The van der Waals surface area contributed by atoms with Crippen LogP contribution in [0.25, 0.3) is 22.0 Å². The Bertz CT molecular complexity index is 1460. The van der Waals surface area contributed by atoms with Gasteiger partial charge in [0.2, 0.25) is 15.9 Å². The largest absolute Gasteiger partial charge is 0.339 e. The maximum atomic E-state index is 13.1. The van der Waals surface area contributed by atoms with E-state index in [9.17, 15) is 17.6 Å². The predicted octanol–water partition coefficient (Wildman–Crippen LogP) is 4.73. The van der Waals surface area contributed by atoms with Gasteiger partial charge in [-0.15, -0.1) is 11.3 Å². The first-order valence-electron chi connectivity index (χ1n) is 11.0. The second-order valence-electron chi connectivity index (χ2n) is 8.09. The number of nitrogens with zero attached hydrogens (tertiary/aromatic N) is 3. The smallest absolute Gasteiger partial charge is 0.243 e. The van der Waals surface area contributed by atoms with Gasteiger partial charge in [0.15, 0.2) is 4.34 Å². The Morgan fingerprint density at radius 1 is 0.971 bits per heavy atom. The molecular weight excluding hydrogens is 505 g/mol. The molecule has 4 aromatic rings. The van der Waals surface area contributed by atoms with Crippen molar-refractivity contribution in [2.24, 2.45) is 0 Å². The molecule has 0 saturated carbocycles. The molecule has 0 bridgehead atoms. The number of piperazine rings is 1. The molecule has 35 heavy (non-hydrogen) atoms. The van der Waals surface area contributed by atoms with Crippen LogP contribution >= 0.6 is 23.1 Å². The second kappa shape index (κ2) is 10.1. The van der Waals surface area contributed by atoms with Crippen molar-refractivity contribution in [3.05, 3.63) is 77.9 Å². The van der Waals surface area contributed by atoms with Crippen molar-refractivity contribution in [3.63, 3.8) is 0 Å². The number of carbonyl (C=O) groups is 1. The standard InChI is InChI=1S/C25H22FN3O3S3/c26-21-8-5-19(6-9-21)23-16-33-25(27-23)34-17-24(30)28-11-13-29(14-12-28)35(31,32)22-10-7-18-3-1-2-4-20(18)15-22/h1-10,15-16H,11-14,17H2. The van der Waals surface area contributed by atoms with Gasteiger partial charge in [0, 0.05) is 37.1 Å². The highest BCUT2D eigenvalue weighted by atomic mass is 32.2. The van der Waals surface area contributed by atoms with E-state index in [-0.39, 0.29) is 35.5 Å². The number of hydrogen-bond acceptors (Lipinski definition) is 6. The quantitative estimate of drug-likeness (QED) is 0.339. The van der Waals surface area contributed by atoms with Gasteiger partial charge < -0.3 is 4.90 Å².